The number of alkyl halides is 2. The normalized spacial score (nSPS) is 14.2. The van der Waals surface area contributed by atoms with Gasteiger partial charge in [0.1, 0.15) is 5.82 Å². The number of piperidine rings is 1. The second-order valence-electron chi connectivity index (χ2n) is 8.89. The lowest BCUT2D eigenvalue weighted by atomic mass is 10.0. The number of anilines is 2. The fourth-order valence-corrected chi connectivity index (χ4v) is 4.41. The van der Waals surface area contributed by atoms with E-state index in [1.807, 2.05) is 0 Å². The minimum absolute atomic E-state index is 0.0163. The van der Waals surface area contributed by atoms with E-state index in [0.717, 1.165) is 23.1 Å². The highest BCUT2D eigenvalue weighted by atomic mass is 19.3. The predicted octanol–water partition coefficient (Wildman–Crippen LogP) is 4.70. The van der Waals surface area contributed by atoms with Gasteiger partial charge in [0, 0.05) is 56.4 Å². The molecule has 0 aliphatic carbocycles. The number of benzene rings is 2. The molecule has 1 aliphatic heterocycles. The van der Waals surface area contributed by atoms with Gasteiger partial charge in [-0.15, -0.1) is 10.2 Å². The van der Waals surface area contributed by atoms with Crippen molar-refractivity contribution < 1.29 is 36.0 Å². The highest BCUT2D eigenvalue weighted by Crippen LogP contribution is 2.35. The Hall–Kier alpha value is -4.03. The Labute approximate surface area is 214 Å². The molecule has 2 amide bonds. The fourth-order valence-electron chi connectivity index (χ4n) is 4.41. The molecule has 1 aliphatic rings. The smallest absolute Gasteiger partial charge is 0.314 e. The molecule has 1 aromatic heterocycles. The number of amides is 2. The largest absolute Gasteiger partial charge is 0.415 e. The second-order valence-corrected chi connectivity index (χ2v) is 8.89. The molecule has 8 nitrogen and oxygen atoms in total. The SMILES string of the molecule is CC(=O)N1CCC(N(C)c2cc(F)c(F)cc2N(C=O)Cc2ccc(-c3nnc(C(F)F)o3)cc2F)CC1. The summed E-state index contributed by atoms with van der Waals surface area (Å²) in [5.74, 6) is -4.36. The molecule has 38 heavy (non-hydrogen) atoms. The summed E-state index contributed by atoms with van der Waals surface area (Å²) in [7, 11) is 1.68. The summed E-state index contributed by atoms with van der Waals surface area (Å²) in [6, 6.07) is 5.37. The van der Waals surface area contributed by atoms with Gasteiger partial charge in [-0.05, 0) is 25.0 Å². The molecule has 1 saturated heterocycles. The topological polar surface area (TPSA) is 82.8 Å². The van der Waals surface area contributed by atoms with Crippen molar-refractivity contribution in [3.63, 3.8) is 0 Å². The van der Waals surface area contributed by atoms with Crippen molar-refractivity contribution >= 4 is 23.7 Å². The number of halogens is 5. The van der Waals surface area contributed by atoms with Gasteiger partial charge in [0.2, 0.25) is 18.2 Å². The molecule has 202 valence electrons. The molecule has 13 heteroatoms. The third kappa shape index (κ3) is 5.60. The molecule has 0 bridgehead atoms. The summed E-state index contributed by atoms with van der Waals surface area (Å²) in [5, 5.41) is 6.68. The number of hydrogen-bond acceptors (Lipinski definition) is 6. The number of carbonyl (C=O) groups is 2. The van der Waals surface area contributed by atoms with Gasteiger partial charge in [-0.25, -0.2) is 13.2 Å². The molecule has 2 aromatic carbocycles. The third-order valence-corrected chi connectivity index (χ3v) is 6.56. The van der Waals surface area contributed by atoms with Crippen LogP contribution in [0.15, 0.2) is 34.7 Å². The van der Waals surface area contributed by atoms with Gasteiger partial charge in [-0.2, -0.15) is 8.78 Å². The van der Waals surface area contributed by atoms with E-state index in [4.69, 9.17) is 4.42 Å². The Morgan fingerprint density at radius 2 is 1.74 bits per heavy atom. The first-order valence-corrected chi connectivity index (χ1v) is 11.7. The number of carbonyl (C=O) groups excluding carboxylic acids is 2. The van der Waals surface area contributed by atoms with E-state index in [0.29, 0.717) is 32.3 Å². The van der Waals surface area contributed by atoms with Crippen LogP contribution in [-0.4, -0.2) is 53.6 Å². The van der Waals surface area contributed by atoms with Crippen molar-refractivity contribution in [2.24, 2.45) is 0 Å². The van der Waals surface area contributed by atoms with Crippen LogP contribution in [0.4, 0.5) is 33.3 Å². The van der Waals surface area contributed by atoms with Crippen molar-refractivity contribution in [3.05, 3.63) is 59.2 Å². The minimum atomic E-state index is -2.98. The van der Waals surface area contributed by atoms with Crippen LogP contribution < -0.4 is 9.80 Å². The average Bonchev–Trinajstić information content (AvgIpc) is 3.40. The first-order chi connectivity index (χ1) is 18.1. The number of hydrogen-bond donors (Lipinski definition) is 0. The Kier molecular flexibility index (Phi) is 7.93. The quantitative estimate of drug-likeness (QED) is 0.306. The maximum atomic E-state index is 15.0. The van der Waals surface area contributed by atoms with E-state index >= 15 is 0 Å². The van der Waals surface area contributed by atoms with Gasteiger partial charge in [-0.1, -0.05) is 6.07 Å². The average molecular weight is 537 g/mol. The van der Waals surface area contributed by atoms with E-state index in [-0.39, 0.29) is 46.9 Å². The van der Waals surface area contributed by atoms with Crippen molar-refractivity contribution in [2.45, 2.75) is 38.8 Å². The summed E-state index contributed by atoms with van der Waals surface area (Å²) in [6.07, 6.45) is -1.45. The second kappa shape index (κ2) is 11.2. The zero-order chi connectivity index (χ0) is 27.6. The van der Waals surface area contributed by atoms with Crippen molar-refractivity contribution in [3.8, 4) is 11.5 Å². The van der Waals surface area contributed by atoms with E-state index < -0.39 is 29.8 Å². The lowest BCUT2D eigenvalue weighted by Gasteiger charge is -2.39. The van der Waals surface area contributed by atoms with Crippen LogP contribution in [0.2, 0.25) is 0 Å². The number of likely N-dealkylation sites (tertiary alicyclic amines) is 1. The van der Waals surface area contributed by atoms with Crippen LogP contribution in [-0.2, 0) is 16.1 Å². The Balaban J connectivity index is 1.59. The lowest BCUT2D eigenvalue weighted by molar-refractivity contribution is -0.129. The van der Waals surface area contributed by atoms with Crippen LogP contribution >= 0.6 is 0 Å². The van der Waals surface area contributed by atoms with Gasteiger partial charge in [0.05, 0.1) is 17.9 Å². The summed E-state index contributed by atoms with van der Waals surface area (Å²) in [6.45, 7) is 2.14. The van der Waals surface area contributed by atoms with Crippen molar-refractivity contribution in [1.82, 2.24) is 15.1 Å². The van der Waals surface area contributed by atoms with Gasteiger partial charge in [0.15, 0.2) is 11.6 Å². The standard InChI is InChI=1S/C25H24F5N5O3/c1-14(37)34-7-5-17(6-8-34)33(2)21-10-19(27)20(28)11-22(21)35(13-36)12-16-4-3-15(9-18(16)26)24-31-32-25(38-24)23(29)30/h3-4,9-11,13,17,23H,5-8,12H2,1-2H3. The Morgan fingerprint density at radius 1 is 1.08 bits per heavy atom. The van der Waals surface area contributed by atoms with E-state index in [2.05, 4.69) is 10.2 Å². The summed E-state index contributed by atoms with van der Waals surface area (Å²) in [4.78, 5) is 28.2. The van der Waals surface area contributed by atoms with E-state index in [1.165, 1.54) is 19.1 Å². The Bertz CT molecular complexity index is 1330. The predicted molar refractivity (Wildman–Crippen MR) is 127 cm³/mol. The molecule has 4 rings (SSSR count). The van der Waals surface area contributed by atoms with E-state index in [9.17, 15) is 31.5 Å². The summed E-state index contributed by atoms with van der Waals surface area (Å²) >= 11 is 0. The zero-order valence-electron chi connectivity index (χ0n) is 20.5. The van der Waals surface area contributed by atoms with Crippen LogP contribution in [0, 0.1) is 17.5 Å². The molecule has 0 saturated carbocycles. The van der Waals surface area contributed by atoms with E-state index in [1.54, 1.807) is 16.8 Å². The summed E-state index contributed by atoms with van der Waals surface area (Å²) in [5.41, 5.74) is 0.313. The molecule has 0 atom stereocenters. The van der Waals surface area contributed by atoms with Crippen LogP contribution in [0.1, 0.15) is 37.6 Å². The van der Waals surface area contributed by atoms with Gasteiger partial charge >= 0.3 is 6.43 Å². The van der Waals surface area contributed by atoms with Gasteiger partial charge < -0.3 is 19.1 Å². The highest BCUT2D eigenvalue weighted by molar-refractivity contribution is 5.84. The molecule has 0 N–H and O–H groups in total. The molecule has 1 fully saturated rings. The molecule has 2 heterocycles. The number of aromatic nitrogens is 2. The first kappa shape index (κ1) is 27.0. The molecule has 0 unspecified atom stereocenters. The highest BCUT2D eigenvalue weighted by Gasteiger charge is 2.28. The zero-order valence-corrected chi connectivity index (χ0v) is 20.5. The van der Waals surface area contributed by atoms with Crippen molar-refractivity contribution in [2.75, 3.05) is 29.9 Å². The Morgan fingerprint density at radius 3 is 2.29 bits per heavy atom. The summed E-state index contributed by atoms with van der Waals surface area (Å²) < 4.78 is 73.8. The molecular weight excluding hydrogens is 513 g/mol. The van der Waals surface area contributed by atoms with Crippen LogP contribution in [0.3, 0.4) is 0 Å². The van der Waals surface area contributed by atoms with Crippen LogP contribution in [0.25, 0.3) is 11.5 Å². The van der Waals surface area contributed by atoms with Gasteiger partial charge in [0.25, 0.3) is 5.89 Å². The fraction of sp³-hybridized carbons (Fsp3) is 0.360. The molecule has 3 aromatic rings. The molecular formula is C25H24F5N5O3. The van der Waals surface area contributed by atoms with Gasteiger partial charge in [-0.3, -0.25) is 9.59 Å². The molecule has 0 radical (unpaired) electrons. The van der Waals surface area contributed by atoms with Crippen molar-refractivity contribution in [1.29, 1.82) is 0 Å². The lowest BCUT2D eigenvalue weighted by Crippen LogP contribution is -2.45. The van der Waals surface area contributed by atoms with Crippen LogP contribution in [0.5, 0.6) is 0 Å². The monoisotopic (exact) mass is 537 g/mol. The number of rotatable bonds is 8. The maximum Gasteiger partial charge on any atom is 0.314 e. The minimum Gasteiger partial charge on any atom is -0.415 e. The number of nitrogens with zero attached hydrogens (tertiary/aromatic N) is 5. The first-order valence-electron chi connectivity index (χ1n) is 11.7. The molecule has 0 spiro atoms. The third-order valence-electron chi connectivity index (χ3n) is 6.56. The maximum absolute atomic E-state index is 15.0.